The highest BCUT2D eigenvalue weighted by molar-refractivity contribution is 6.16. The first-order chi connectivity index (χ1) is 14.1. The van der Waals surface area contributed by atoms with Crippen molar-refractivity contribution in [3.63, 3.8) is 0 Å². The SMILES string of the molecule is CO/C=C(/C(=O)OC)c1ccccc1CO/N=C(/C)c1nn(C)c2ccccc12. The Morgan fingerprint density at radius 2 is 1.86 bits per heavy atom. The molecule has 0 aliphatic carbocycles. The number of para-hydroxylation sites is 1. The summed E-state index contributed by atoms with van der Waals surface area (Å²) in [5.41, 5.74) is 4.22. The molecule has 1 heterocycles. The zero-order valence-electron chi connectivity index (χ0n) is 16.9. The summed E-state index contributed by atoms with van der Waals surface area (Å²) in [6, 6.07) is 15.3. The number of oxime groups is 1. The van der Waals surface area contributed by atoms with E-state index < -0.39 is 5.97 Å². The van der Waals surface area contributed by atoms with Crippen molar-refractivity contribution >= 4 is 28.2 Å². The van der Waals surface area contributed by atoms with Gasteiger partial charge in [0.05, 0.1) is 26.0 Å². The van der Waals surface area contributed by atoms with Crippen LogP contribution in [-0.2, 0) is 32.8 Å². The van der Waals surface area contributed by atoms with E-state index >= 15 is 0 Å². The molecular formula is C22H23N3O4. The lowest BCUT2D eigenvalue weighted by Crippen LogP contribution is -2.07. The molecule has 7 nitrogen and oxygen atoms in total. The van der Waals surface area contributed by atoms with Crippen LogP contribution in [-0.4, -0.2) is 35.7 Å². The van der Waals surface area contributed by atoms with E-state index in [1.807, 2.05) is 67.2 Å². The summed E-state index contributed by atoms with van der Waals surface area (Å²) >= 11 is 0. The lowest BCUT2D eigenvalue weighted by Gasteiger charge is -2.11. The molecule has 3 aromatic rings. The first-order valence-corrected chi connectivity index (χ1v) is 9.05. The standard InChI is InChI=1S/C22H23N3O4/c1-15(21-18-11-7-8-12-20(18)25(2)23-21)24-29-13-16-9-5-6-10-17(16)19(14-27-3)22(26)28-4/h5-12,14H,13H2,1-4H3/b19-14+,24-15-. The summed E-state index contributed by atoms with van der Waals surface area (Å²) < 4.78 is 11.7. The molecule has 7 heteroatoms. The first-order valence-electron chi connectivity index (χ1n) is 9.05. The number of methoxy groups -OCH3 is 2. The van der Waals surface area contributed by atoms with Gasteiger partial charge >= 0.3 is 5.97 Å². The second-order valence-electron chi connectivity index (χ2n) is 6.36. The van der Waals surface area contributed by atoms with Gasteiger partial charge in [0.15, 0.2) is 0 Å². The minimum absolute atomic E-state index is 0.177. The minimum Gasteiger partial charge on any atom is -0.503 e. The number of fused-ring (bicyclic) bond motifs is 1. The number of benzene rings is 2. The zero-order valence-corrected chi connectivity index (χ0v) is 16.9. The molecule has 0 fully saturated rings. The third kappa shape index (κ3) is 4.29. The number of nitrogens with zero attached hydrogens (tertiary/aromatic N) is 3. The van der Waals surface area contributed by atoms with Crippen molar-refractivity contribution in [1.29, 1.82) is 0 Å². The van der Waals surface area contributed by atoms with Crippen LogP contribution in [0.25, 0.3) is 16.5 Å². The molecule has 0 amide bonds. The summed E-state index contributed by atoms with van der Waals surface area (Å²) in [6.07, 6.45) is 1.36. The Hall–Kier alpha value is -3.61. The molecule has 0 radical (unpaired) electrons. The summed E-state index contributed by atoms with van der Waals surface area (Å²) in [4.78, 5) is 17.7. The predicted octanol–water partition coefficient (Wildman–Crippen LogP) is 3.67. The second-order valence-corrected chi connectivity index (χ2v) is 6.36. The van der Waals surface area contributed by atoms with E-state index in [0.29, 0.717) is 16.8 Å². The fourth-order valence-corrected chi connectivity index (χ4v) is 3.08. The summed E-state index contributed by atoms with van der Waals surface area (Å²) in [5.74, 6) is -0.487. The van der Waals surface area contributed by atoms with Crippen LogP contribution in [0.15, 0.2) is 59.9 Å². The highest BCUT2D eigenvalue weighted by Crippen LogP contribution is 2.22. The molecule has 0 bridgehead atoms. The van der Waals surface area contributed by atoms with E-state index in [0.717, 1.165) is 22.2 Å². The number of hydrogen-bond donors (Lipinski definition) is 0. The molecule has 0 saturated heterocycles. The molecular weight excluding hydrogens is 370 g/mol. The number of ether oxygens (including phenoxy) is 2. The first kappa shape index (κ1) is 20.1. The van der Waals surface area contributed by atoms with E-state index in [1.54, 1.807) is 0 Å². The second kappa shape index (κ2) is 9.05. The van der Waals surface area contributed by atoms with E-state index in [2.05, 4.69) is 10.3 Å². The van der Waals surface area contributed by atoms with Crippen LogP contribution in [0.1, 0.15) is 23.7 Å². The van der Waals surface area contributed by atoms with Crippen LogP contribution in [0.5, 0.6) is 0 Å². The lowest BCUT2D eigenvalue weighted by molar-refractivity contribution is -0.133. The fourth-order valence-electron chi connectivity index (χ4n) is 3.08. The number of hydrogen-bond acceptors (Lipinski definition) is 6. The van der Waals surface area contributed by atoms with Gasteiger partial charge in [0.2, 0.25) is 0 Å². The number of aryl methyl sites for hydroxylation is 1. The minimum atomic E-state index is -0.487. The maximum Gasteiger partial charge on any atom is 0.341 e. The fraction of sp³-hybridized carbons (Fsp3) is 0.227. The summed E-state index contributed by atoms with van der Waals surface area (Å²) in [7, 11) is 4.70. The Morgan fingerprint density at radius 1 is 1.14 bits per heavy atom. The van der Waals surface area contributed by atoms with Crippen LogP contribution in [0.3, 0.4) is 0 Å². The van der Waals surface area contributed by atoms with E-state index in [4.69, 9.17) is 14.3 Å². The summed E-state index contributed by atoms with van der Waals surface area (Å²) in [6.45, 7) is 2.03. The molecule has 150 valence electrons. The van der Waals surface area contributed by atoms with Gasteiger partial charge in [-0.25, -0.2) is 4.79 Å². The molecule has 0 spiro atoms. The van der Waals surface area contributed by atoms with Crippen molar-refractivity contribution in [2.24, 2.45) is 12.2 Å². The van der Waals surface area contributed by atoms with E-state index in [1.165, 1.54) is 20.5 Å². The van der Waals surface area contributed by atoms with E-state index in [9.17, 15) is 4.79 Å². The van der Waals surface area contributed by atoms with Gasteiger partial charge in [-0.15, -0.1) is 0 Å². The summed E-state index contributed by atoms with van der Waals surface area (Å²) in [5, 5.41) is 9.79. The number of aromatic nitrogens is 2. The van der Waals surface area contributed by atoms with E-state index in [-0.39, 0.29) is 6.61 Å². The van der Waals surface area contributed by atoms with Gasteiger partial charge in [-0.2, -0.15) is 5.10 Å². The highest BCUT2D eigenvalue weighted by Gasteiger charge is 2.17. The number of rotatable bonds is 7. The Kier molecular flexibility index (Phi) is 6.29. The van der Waals surface area contributed by atoms with Crippen molar-refractivity contribution in [1.82, 2.24) is 9.78 Å². The third-order valence-corrected chi connectivity index (χ3v) is 4.47. The van der Waals surface area contributed by atoms with Gasteiger partial charge in [0.25, 0.3) is 0 Å². The third-order valence-electron chi connectivity index (χ3n) is 4.47. The molecule has 0 aliphatic heterocycles. The van der Waals surface area contributed by atoms with Gasteiger partial charge in [-0.1, -0.05) is 47.6 Å². The largest absolute Gasteiger partial charge is 0.503 e. The topological polar surface area (TPSA) is 74.9 Å². The molecule has 0 aliphatic rings. The molecule has 1 aromatic heterocycles. The molecule has 2 aromatic carbocycles. The maximum atomic E-state index is 12.1. The highest BCUT2D eigenvalue weighted by atomic mass is 16.6. The zero-order chi connectivity index (χ0) is 20.8. The predicted molar refractivity (Wildman–Crippen MR) is 111 cm³/mol. The van der Waals surface area contributed by atoms with Gasteiger partial charge in [-0.05, 0) is 18.6 Å². The molecule has 0 saturated carbocycles. The lowest BCUT2D eigenvalue weighted by atomic mass is 10.0. The molecule has 0 atom stereocenters. The number of carbonyl (C=O) groups excluding carboxylic acids is 1. The van der Waals surface area contributed by atoms with Crippen LogP contribution in [0, 0.1) is 0 Å². The quantitative estimate of drug-likeness (QED) is 0.201. The van der Waals surface area contributed by atoms with Crippen LogP contribution >= 0.6 is 0 Å². The maximum absolute atomic E-state index is 12.1. The van der Waals surface area contributed by atoms with Gasteiger partial charge < -0.3 is 14.3 Å². The van der Waals surface area contributed by atoms with Crippen molar-refractivity contribution in [2.45, 2.75) is 13.5 Å². The monoisotopic (exact) mass is 393 g/mol. The van der Waals surface area contributed by atoms with Crippen molar-refractivity contribution < 1.29 is 19.1 Å². The van der Waals surface area contributed by atoms with Gasteiger partial charge in [0.1, 0.15) is 23.6 Å². The Bertz CT molecular complexity index is 1080. The van der Waals surface area contributed by atoms with Crippen LogP contribution in [0.2, 0.25) is 0 Å². The van der Waals surface area contributed by atoms with Crippen LogP contribution in [0.4, 0.5) is 0 Å². The van der Waals surface area contributed by atoms with Gasteiger partial charge in [-0.3, -0.25) is 4.68 Å². The molecule has 0 N–H and O–H groups in total. The molecule has 3 rings (SSSR count). The Morgan fingerprint density at radius 3 is 2.62 bits per heavy atom. The molecule has 0 unspecified atom stereocenters. The van der Waals surface area contributed by atoms with Crippen molar-refractivity contribution in [3.8, 4) is 0 Å². The van der Waals surface area contributed by atoms with Crippen molar-refractivity contribution in [2.75, 3.05) is 14.2 Å². The van der Waals surface area contributed by atoms with Gasteiger partial charge in [0, 0.05) is 18.0 Å². The number of carbonyl (C=O) groups is 1. The van der Waals surface area contributed by atoms with Crippen LogP contribution < -0.4 is 0 Å². The normalized spacial score (nSPS) is 12.1. The Labute approximate surface area is 169 Å². The average Bonchev–Trinajstić information content (AvgIpc) is 3.09. The smallest absolute Gasteiger partial charge is 0.341 e. The average molecular weight is 393 g/mol. The molecule has 29 heavy (non-hydrogen) atoms. The van der Waals surface area contributed by atoms with Crippen molar-refractivity contribution in [3.05, 3.63) is 71.6 Å². The Balaban J connectivity index is 1.83. The number of esters is 1.